The predicted molar refractivity (Wildman–Crippen MR) is 82.6 cm³/mol. The molecule has 0 bridgehead atoms. The molecule has 21 heavy (non-hydrogen) atoms. The average Bonchev–Trinajstić information content (AvgIpc) is 2.31. The van der Waals surface area contributed by atoms with Gasteiger partial charge in [-0.1, -0.05) is 15.9 Å². The van der Waals surface area contributed by atoms with Gasteiger partial charge in [-0.15, -0.1) is 0 Å². The van der Waals surface area contributed by atoms with Crippen LogP contribution in [0.3, 0.4) is 0 Å². The maximum Gasteiger partial charge on any atom is 0.279 e. The van der Waals surface area contributed by atoms with Gasteiger partial charge in [-0.2, -0.15) is 0 Å². The first-order valence-electron chi connectivity index (χ1n) is 6.63. The van der Waals surface area contributed by atoms with E-state index in [1.807, 2.05) is 13.8 Å². The Labute approximate surface area is 132 Å². The van der Waals surface area contributed by atoms with Gasteiger partial charge in [-0.05, 0) is 32.0 Å². The molecule has 5 nitrogen and oxygen atoms in total. The molecule has 0 aliphatic rings. The van der Waals surface area contributed by atoms with Crippen molar-refractivity contribution < 1.29 is 18.9 Å². The lowest BCUT2D eigenvalue weighted by Crippen LogP contribution is -3.11. The second kappa shape index (κ2) is 8.09. The SMILES string of the molecule is CC(C)NC(=O)C[NH+](C)CC(=O)Nc1ccc(Br)cc1F. The number of quaternary nitrogens is 1. The van der Waals surface area contributed by atoms with Gasteiger partial charge >= 0.3 is 0 Å². The molecular formula is C14H20BrFN3O2+. The third-order valence-corrected chi connectivity index (χ3v) is 3.07. The minimum atomic E-state index is -0.507. The van der Waals surface area contributed by atoms with Gasteiger partial charge in [0.1, 0.15) is 5.82 Å². The van der Waals surface area contributed by atoms with Crippen molar-refractivity contribution in [2.75, 3.05) is 25.5 Å². The molecule has 1 atom stereocenters. The highest BCUT2D eigenvalue weighted by Crippen LogP contribution is 2.18. The number of carbonyl (C=O) groups is 2. The van der Waals surface area contributed by atoms with Gasteiger partial charge in [-0.3, -0.25) is 9.59 Å². The third kappa shape index (κ3) is 6.68. The Morgan fingerprint density at radius 2 is 1.90 bits per heavy atom. The fourth-order valence-electron chi connectivity index (χ4n) is 1.77. The molecule has 1 rings (SSSR count). The number of likely N-dealkylation sites (N-methyl/N-ethyl adjacent to an activating group) is 1. The van der Waals surface area contributed by atoms with Gasteiger partial charge in [0, 0.05) is 10.5 Å². The summed E-state index contributed by atoms with van der Waals surface area (Å²) in [6, 6.07) is 4.47. The molecule has 2 amide bonds. The van der Waals surface area contributed by atoms with Crippen LogP contribution in [0.25, 0.3) is 0 Å². The van der Waals surface area contributed by atoms with Crippen molar-refractivity contribution in [2.24, 2.45) is 0 Å². The number of hydrogen-bond acceptors (Lipinski definition) is 2. The second-order valence-electron chi connectivity index (χ2n) is 5.21. The lowest BCUT2D eigenvalue weighted by Gasteiger charge is -2.15. The molecule has 1 aromatic rings. The number of halogens is 2. The first-order chi connectivity index (χ1) is 9.77. The molecule has 0 aromatic heterocycles. The summed E-state index contributed by atoms with van der Waals surface area (Å²) in [4.78, 5) is 24.1. The van der Waals surface area contributed by atoms with Gasteiger partial charge in [0.2, 0.25) is 0 Å². The number of nitrogens with one attached hydrogen (secondary N) is 3. The van der Waals surface area contributed by atoms with Crippen molar-refractivity contribution in [3.8, 4) is 0 Å². The second-order valence-corrected chi connectivity index (χ2v) is 6.12. The van der Waals surface area contributed by atoms with E-state index in [1.54, 1.807) is 13.1 Å². The minimum absolute atomic E-state index is 0.0657. The largest absolute Gasteiger partial charge is 0.349 e. The summed E-state index contributed by atoms with van der Waals surface area (Å²) < 4.78 is 14.2. The number of rotatable bonds is 6. The fraction of sp³-hybridized carbons (Fsp3) is 0.429. The summed E-state index contributed by atoms with van der Waals surface area (Å²) in [5, 5.41) is 5.25. The van der Waals surface area contributed by atoms with E-state index in [2.05, 4.69) is 26.6 Å². The van der Waals surface area contributed by atoms with Crippen molar-refractivity contribution in [3.63, 3.8) is 0 Å². The van der Waals surface area contributed by atoms with Crippen molar-refractivity contribution in [2.45, 2.75) is 19.9 Å². The Morgan fingerprint density at radius 1 is 1.29 bits per heavy atom. The highest BCUT2D eigenvalue weighted by Gasteiger charge is 2.15. The van der Waals surface area contributed by atoms with Crippen LogP contribution in [0.4, 0.5) is 10.1 Å². The molecule has 1 unspecified atom stereocenters. The first-order valence-corrected chi connectivity index (χ1v) is 7.42. The molecule has 0 aliphatic carbocycles. The maximum atomic E-state index is 13.6. The predicted octanol–water partition coefficient (Wildman–Crippen LogP) is 0.566. The van der Waals surface area contributed by atoms with E-state index in [1.165, 1.54) is 12.1 Å². The zero-order valence-corrected chi connectivity index (χ0v) is 13.9. The highest BCUT2D eigenvalue weighted by molar-refractivity contribution is 9.10. The molecule has 0 saturated carbocycles. The normalized spacial score (nSPS) is 12.1. The summed E-state index contributed by atoms with van der Waals surface area (Å²) in [5.74, 6) is -0.968. The zero-order valence-electron chi connectivity index (χ0n) is 12.3. The number of anilines is 1. The summed E-state index contributed by atoms with van der Waals surface area (Å²) >= 11 is 3.15. The molecule has 0 radical (unpaired) electrons. The standard InChI is InChI=1S/C14H19BrFN3O2/c1-9(2)17-13(20)7-19(3)8-14(21)18-12-5-4-10(15)6-11(12)16/h4-6,9H,7-8H2,1-3H3,(H,17,20)(H,18,21)/p+1. The summed E-state index contributed by atoms with van der Waals surface area (Å²) in [6.07, 6.45) is 0. The zero-order chi connectivity index (χ0) is 16.0. The van der Waals surface area contributed by atoms with E-state index in [4.69, 9.17) is 0 Å². The topological polar surface area (TPSA) is 62.6 Å². The van der Waals surface area contributed by atoms with Gasteiger partial charge in [0.05, 0.1) is 12.7 Å². The van der Waals surface area contributed by atoms with Crippen LogP contribution in [0.5, 0.6) is 0 Å². The van der Waals surface area contributed by atoms with Crippen LogP contribution in [0.2, 0.25) is 0 Å². The molecule has 116 valence electrons. The summed E-state index contributed by atoms with van der Waals surface area (Å²) in [5.41, 5.74) is 0.127. The van der Waals surface area contributed by atoms with Crippen LogP contribution >= 0.6 is 15.9 Å². The smallest absolute Gasteiger partial charge is 0.279 e. The van der Waals surface area contributed by atoms with Crippen LogP contribution in [0, 0.1) is 5.82 Å². The van der Waals surface area contributed by atoms with E-state index in [0.717, 1.165) is 4.90 Å². The van der Waals surface area contributed by atoms with Gasteiger partial charge in [-0.25, -0.2) is 4.39 Å². The number of benzene rings is 1. The maximum absolute atomic E-state index is 13.6. The average molecular weight is 361 g/mol. The van der Waals surface area contributed by atoms with Crippen LogP contribution in [-0.2, 0) is 9.59 Å². The van der Waals surface area contributed by atoms with Crippen molar-refractivity contribution >= 4 is 33.4 Å². The highest BCUT2D eigenvalue weighted by atomic mass is 79.9. The molecular weight excluding hydrogens is 341 g/mol. The van der Waals surface area contributed by atoms with Crippen molar-refractivity contribution in [1.29, 1.82) is 0 Å². The Bertz CT molecular complexity index is 523. The van der Waals surface area contributed by atoms with Crippen LogP contribution in [0.15, 0.2) is 22.7 Å². The van der Waals surface area contributed by atoms with E-state index in [0.29, 0.717) is 4.47 Å². The van der Waals surface area contributed by atoms with Gasteiger partial charge in [0.25, 0.3) is 11.8 Å². The number of hydrogen-bond donors (Lipinski definition) is 3. The molecule has 1 aromatic carbocycles. The lowest BCUT2D eigenvalue weighted by atomic mass is 10.3. The van der Waals surface area contributed by atoms with Crippen molar-refractivity contribution in [3.05, 3.63) is 28.5 Å². The van der Waals surface area contributed by atoms with E-state index in [9.17, 15) is 14.0 Å². The molecule has 7 heteroatoms. The Balaban J connectivity index is 2.47. The minimum Gasteiger partial charge on any atom is -0.349 e. The Hall–Kier alpha value is -1.47. The van der Waals surface area contributed by atoms with Crippen LogP contribution in [-0.4, -0.2) is 38.0 Å². The molecule has 0 fully saturated rings. The lowest BCUT2D eigenvalue weighted by molar-refractivity contribution is -0.862. The first kappa shape index (κ1) is 17.6. The third-order valence-electron chi connectivity index (χ3n) is 2.58. The van der Waals surface area contributed by atoms with Crippen LogP contribution in [0.1, 0.15) is 13.8 Å². The molecule has 0 heterocycles. The Morgan fingerprint density at radius 3 is 2.48 bits per heavy atom. The van der Waals surface area contributed by atoms with E-state index < -0.39 is 5.82 Å². The number of amides is 2. The molecule has 0 spiro atoms. The molecule has 0 aliphatic heterocycles. The number of carbonyl (C=O) groups excluding carboxylic acids is 2. The van der Waals surface area contributed by atoms with Crippen LogP contribution < -0.4 is 15.5 Å². The molecule has 0 saturated heterocycles. The quantitative estimate of drug-likeness (QED) is 0.694. The summed E-state index contributed by atoms with van der Waals surface area (Å²) in [6.45, 7) is 4.02. The molecule has 3 N–H and O–H groups in total. The monoisotopic (exact) mass is 360 g/mol. The van der Waals surface area contributed by atoms with E-state index >= 15 is 0 Å². The van der Waals surface area contributed by atoms with Gasteiger partial charge < -0.3 is 15.5 Å². The van der Waals surface area contributed by atoms with Gasteiger partial charge in [0.15, 0.2) is 13.1 Å². The Kier molecular flexibility index (Phi) is 6.77. The van der Waals surface area contributed by atoms with Crippen molar-refractivity contribution in [1.82, 2.24) is 5.32 Å². The summed E-state index contributed by atoms with van der Waals surface area (Å²) in [7, 11) is 1.73. The van der Waals surface area contributed by atoms with E-state index in [-0.39, 0.29) is 36.6 Å². The fourth-order valence-corrected chi connectivity index (χ4v) is 2.10.